The highest BCUT2D eigenvalue weighted by molar-refractivity contribution is 9.10. The lowest BCUT2D eigenvalue weighted by Gasteiger charge is -2.08. The number of benzene rings is 2. The van der Waals surface area contributed by atoms with Crippen LogP contribution in [-0.4, -0.2) is 10.9 Å². The molecule has 22 heavy (non-hydrogen) atoms. The fraction of sp³-hybridized carbons (Fsp3) is 0. The van der Waals surface area contributed by atoms with Crippen molar-refractivity contribution in [3.63, 3.8) is 0 Å². The Morgan fingerprint density at radius 2 is 1.91 bits per heavy atom. The van der Waals surface area contributed by atoms with Gasteiger partial charge in [-0.05, 0) is 36.4 Å². The molecule has 1 amide bonds. The molecule has 3 rings (SSSR count). The number of carbonyl (C=O) groups is 1. The first-order valence-electron chi connectivity index (χ1n) is 6.54. The Balaban J connectivity index is 1.75. The second-order valence-corrected chi connectivity index (χ2v) is 6.32. The Bertz CT molecular complexity index is 790. The molecule has 0 aliphatic heterocycles. The van der Waals surface area contributed by atoms with Crippen LogP contribution in [0.2, 0.25) is 0 Å². The van der Waals surface area contributed by atoms with Crippen molar-refractivity contribution in [2.45, 2.75) is 0 Å². The van der Waals surface area contributed by atoms with Crippen LogP contribution >= 0.6 is 27.3 Å². The van der Waals surface area contributed by atoms with E-state index in [4.69, 9.17) is 0 Å². The summed E-state index contributed by atoms with van der Waals surface area (Å²) >= 11 is 4.89. The highest BCUT2D eigenvalue weighted by atomic mass is 79.9. The zero-order chi connectivity index (χ0) is 15.4. The van der Waals surface area contributed by atoms with Gasteiger partial charge in [-0.3, -0.25) is 4.79 Å². The van der Waals surface area contributed by atoms with Gasteiger partial charge in [0.25, 0.3) is 5.91 Å². The quantitative estimate of drug-likeness (QED) is 0.683. The van der Waals surface area contributed by atoms with Gasteiger partial charge in [-0.2, -0.15) is 0 Å². The van der Waals surface area contributed by atoms with E-state index in [9.17, 15) is 4.79 Å². The maximum absolute atomic E-state index is 12.3. The summed E-state index contributed by atoms with van der Waals surface area (Å²) < 4.78 is 0.921. The number of nitrogens with zero attached hydrogens (tertiary/aromatic N) is 1. The highest BCUT2D eigenvalue weighted by Gasteiger charge is 2.07. The molecule has 0 spiro atoms. The lowest BCUT2D eigenvalue weighted by atomic mass is 10.2. The summed E-state index contributed by atoms with van der Waals surface area (Å²) in [4.78, 5) is 16.5. The van der Waals surface area contributed by atoms with Crippen LogP contribution < -0.4 is 10.6 Å². The van der Waals surface area contributed by atoms with Crippen molar-refractivity contribution < 1.29 is 4.79 Å². The number of nitrogens with one attached hydrogen (secondary N) is 2. The Kier molecular flexibility index (Phi) is 4.50. The Labute approximate surface area is 140 Å². The number of amides is 1. The standard InChI is InChI=1S/C16H12BrN3OS/c17-12-4-2-6-14(10-12)19-15(21)11-3-1-5-13(9-11)20-16-18-7-8-22-16/h1-10H,(H,18,20)(H,19,21). The van der Waals surface area contributed by atoms with E-state index in [1.165, 1.54) is 11.3 Å². The molecule has 0 bridgehead atoms. The minimum absolute atomic E-state index is 0.152. The maximum atomic E-state index is 12.3. The van der Waals surface area contributed by atoms with E-state index in [1.807, 2.05) is 41.8 Å². The Morgan fingerprint density at radius 3 is 2.68 bits per heavy atom. The molecule has 2 aromatic carbocycles. The van der Waals surface area contributed by atoms with Gasteiger partial charge >= 0.3 is 0 Å². The smallest absolute Gasteiger partial charge is 0.255 e. The molecule has 0 unspecified atom stereocenters. The normalized spacial score (nSPS) is 10.2. The number of hydrogen-bond donors (Lipinski definition) is 2. The van der Waals surface area contributed by atoms with Crippen LogP contribution in [0.4, 0.5) is 16.5 Å². The number of thiazole rings is 1. The van der Waals surface area contributed by atoms with Gasteiger partial charge in [-0.15, -0.1) is 11.3 Å². The fourth-order valence-electron chi connectivity index (χ4n) is 1.92. The average Bonchev–Trinajstić information content (AvgIpc) is 3.00. The highest BCUT2D eigenvalue weighted by Crippen LogP contribution is 2.21. The van der Waals surface area contributed by atoms with Gasteiger partial charge in [0.1, 0.15) is 0 Å². The van der Waals surface area contributed by atoms with Crippen LogP contribution in [0.5, 0.6) is 0 Å². The number of rotatable bonds is 4. The Morgan fingerprint density at radius 1 is 1.09 bits per heavy atom. The van der Waals surface area contributed by atoms with Crippen molar-refractivity contribution in [1.29, 1.82) is 0 Å². The van der Waals surface area contributed by atoms with E-state index in [2.05, 4.69) is 31.5 Å². The molecule has 2 N–H and O–H groups in total. The molecule has 0 aliphatic carbocycles. The van der Waals surface area contributed by atoms with E-state index in [0.717, 1.165) is 21.0 Å². The monoisotopic (exact) mass is 373 g/mol. The summed E-state index contributed by atoms with van der Waals surface area (Å²) in [5, 5.41) is 8.74. The van der Waals surface area contributed by atoms with Crippen LogP contribution in [-0.2, 0) is 0 Å². The second-order valence-electron chi connectivity index (χ2n) is 4.51. The minimum atomic E-state index is -0.152. The van der Waals surface area contributed by atoms with Crippen molar-refractivity contribution in [2.75, 3.05) is 10.6 Å². The molecule has 1 heterocycles. The van der Waals surface area contributed by atoms with Crippen molar-refractivity contribution in [3.05, 3.63) is 70.1 Å². The molecular weight excluding hydrogens is 362 g/mol. The molecule has 0 atom stereocenters. The molecule has 4 nitrogen and oxygen atoms in total. The summed E-state index contributed by atoms with van der Waals surface area (Å²) in [5.74, 6) is -0.152. The number of anilines is 3. The first kappa shape index (κ1) is 14.7. The largest absolute Gasteiger partial charge is 0.332 e. The van der Waals surface area contributed by atoms with Gasteiger partial charge in [-0.1, -0.05) is 28.1 Å². The first-order valence-corrected chi connectivity index (χ1v) is 8.21. The topological polar surface area (TPSA) is 54.0 Å². The molecule has 0 saturated heterocycles. The first-order chi connectivity index (χ1) is 10.7. The molecule has 0 saturated carbocycles. The van der Waals surface area contributed by atoms with Crippen LogP contribution in [0.15, 0.2) is 64.6 Å². The van der Waals surface area contributed by atoms with Crippen molar-refractivity contribution in [2.24, 2.45) is 0 Å². The summed E-state index contributed by atoms with van der Waals surface area (Å²) in [5.41, 5.74) is 2.16. The molecule has 0 radical (unpaired) electrons. The van der Waals surface area contributed by atoms with Crippen LogP contribution in [0.25, 0.3) is 0 Å². The molecule has 6 heteroatoms. The molecule has 0 aliphatic rings. The number of halogens is 1. The molecule has 1 aromatic heterocycles. The minimum Gasteiger partial charge on any atom is -0.332 e. The third-order valence-corrected chi connectivity index (χ3v) is 4.07. The van der Waals surface area contributed by atoms with E-state index < -0.39 is 0 Å². The number of hydrogen-bond acceptors (Lipinski definition) is 4. The van der Waals surface area contributed by atoms with E-state index in [1.54, 1.807) is 18.3 Å². The Hall–Kier alpha value is -2.18. The van der Waals surface area contributed by atoms with E-state index in [0.29, 0.717) is 5.56 Å². The molecule has 0 fully saturated rings. The summed E-state index contributed by atoms with van der Waals surface area (Å²) in [7, 11) is 0. The van der Waals surface area contributed by atoms with Crippen LogP contribution in [0.1, 0.15) is 10.4 Å². The third-order valence-electron chi connectivity index (χ3n) is 2.89. The van der Waals surface area contributed by atoms with Gasteiger partial charge in [0.15, 0.2) is 5.13 Å². The zero-order valence-electron chi connectivity index (χ0n) is 11.4. The average molecular weight is 374 g/mol. The fourth-order valence-corrected chi connectivity index (χ4v) is 2.86. The second kappa shape index (κ2) is 6.72. The molecular formula is C16H12BrN3OS. The number of carbonyl (C=O) groups excluding carboxylic acids is 1. The van der Waals surface area contributed by atoms with Gasteiger partial charge in [0.05, 0.1) is 0 Å². The van der Waals surface area contributed by atoms with Crippen molar-refractivity contribution >= 4 is 49.7 Å². The molecule has 3 aromatic rings. The van der Waals surface area contributed by atoms with Gasteiger partial charge < -0.3 is 10.6 Å². The van der Waals surface area contributed by atoms with Crippen LogP contribution in [0.3, 0.4) is 0 Å². The summed E-state index contributed by atoms with van der Waals surface area (Å²) in [6, 6.07) is 14.8. The van der Waals surface area contributed by atoms with Crippen molar-refractivity contribution in [3.8, 4) is 0 Å². The SMILES string of the molecule is O=C(Nc1cccc(Br)c1)c1cccc(Nc2nccs2)c1. The van der Waals surface area contributed by atoms with E-state index in [-0.39, 0.29) is 5.91 Å². The van der Waals surface area contributed by atoms with Gasteiger partial charge in [-0.25, -0.2) is 4.98 Å². The molecule has 110 valence electrons. The third kappa shape index (κ3) is 3.72. The maximum Gasteiger partial charge on any atom is 0.255 e. The summed E-state index contributed by atoms with van der Waals surface area (Å²) in [6.07, 6.45) is 1.73. The summed E-state index contributed by atoms with van der Waals surface area (Å²) in [6.45, 7) is 0. The predicted molar refractivity (Wildman–Crippen MR) is 93.9 cm³/mol. The number of aromatic nitrogens is 1. The predicted octanol–water partition coefficient (Wildman–Crippen LogP) is 4.90. The van der Waals surface area contributed by atoms with Gasteiger partial charge in [0.2, 0.25) is 0 Å². The van der Waals surface area contributed by atoms with Crippen LogP contribution in [0, 0.1) is 0 Å². The van der Waals surface area contributed by atoms with E-state index >= 15 is 0 Å². The zero-order valence-corrected chi connectivity index (χ0v) is 13.8. The van der Waals surface area contributed by atoms with Gasteiger partial charge in [0, 0.05) is 33.0 Å². The lowest BCUT2D eigenvalue weighted by molar-refractivity contribution is 0.102. The van der Waals surface area contributed by atoms with Crippen molar-refractivity contribution in [1.82, 2.24) is 4.98 Å². The lowest BCUT2D eigenvalue weighted by Crippen LogP contribution is -2.12.